The minimum absolute atomic E-state index is 0.110. The maximum absolute atomic E-state index is 10.5. The van der Waals surface area contributed by atoms with Gasteiger partial charge < -0.3 is 35.0 Å². The monoisotopic (exact) mass is 357 g/mol. The molecule has 0 amide bonds. The highest BCUT2D eigenvalue weighted by Crippen LogP contribution is 2.34. The third-order valence-corrected chi connectivity index (χ3v) is 4.08. The van der Waals surface area contributed by atoms with E-state index in [9.17, 15) is 25.5 Å². The molecule has 0 radical (unpaired) electrons. The molecule has 0 unspecified atom stereocenters. The molecule has 1 saturated heterocycles. The smallest absolute Gasteiger partial charge is 0.355 e. The van der Waals surface area contributed by atoms with Crippen LogP contribution in [0.1, 0.15) is 0 Å². The third-order valence-electron chi connectivity index (χ3n) is 3.85. The second-order valence-corrected chi connectivity index (χ2v) is 5.90. The molecule has 1 fully saturated rings. The van der Waals surface area contributed by atoms with E-state index in [4.69, 9.17) is 21.1 Å². The predicted molar refractivity (Wildman–Crippen MR) is 82.3 cm³/mol. The predicted octanol–water partition coefficient (Wildman–Crippen LogP) is -0.613. The first kappa shape index (κ1) is 17.3. The van der Waals surface area contributed by atoms with Gasteiger partial charge in [-0.1, -0.05) is 11.6 Å². The fourth-order valence-corrected chi connectivity index (χ4v) is 2.72. The van der Waals surface area contributed by atoms with E-state index in [0.717, 1.165) is 0 Å². The molecule has 1 aliphatic heterocycles. The molecule has 8 nitrogen and oxygen atoms in total. The van der Waals surface area contributed by atoms with E-state index in [-0.39, 0.29) is 5.75 Å². The second kappa shape index (κ2) is 6.41. The molecule has 1 aromatic heterocycles. The number of pyridine rings is 1. The van der Waals surface area contributed by atoms with E-state index >= 15 is 0 Å². The minimum atomic E-state index is -2.67. The summed E-state index contributed by atoms with van der Waals surface area (Å²) in [5.41, 5.74) is 0.480. The van der Waals surface area contributed by atoms with E-state index in [0.29, 0.717) is 15.9 Å². The molecule has 0 spiro atoms. The molecule has 1 aliphatic rings. The Morgan fingerprint density at radius 3 is 2.67 bits per heavy atom. The van der Waals surface area contributed by atoms with E-state index in [1.807, 2.05) is 0 Å². The maximum atomic E-state index is 10.5. The molecule has 0 aliphatic carbocycles. The summed E-state index contributed by atoms with van der Waals surface area (Å²) in [4.78, 5) is 4.12. The van der Waals surface area contributed by atoms with Gasteiger partial charge in [0.05, 0.1) is 12.1 Å². The van der Waals surface area contributed by atoms with Crippen molar-refractivity contribution in [1.82, 2.24) is 4.98 Å². The molecule has 5 N–H and O–H groups in total. The van der Waals surface area contributed by atoms with E-state index in [1.165, 1.54) is 12.3 Å². The molecule has 1 aromatic carbocycles. The third kappa shape index (κ3) is 2.93. The minimum Gasteiger partial charge on any atom is -0.436 e. The standard InChI is InChI=1S/C15H16ClNO7/c16-7-1-2-8-9(5-7)17-4-3-10(8)23-15(22)14(21)13(20)12(19)11(6-18)24-15/h1-5,11-14,18-22H,6H2/t11-,12-,13+,14-,15-/m1/s1. The van der Waals surface area contributed by atoms with Crippen LogP contribution in [-0.2, 0) is 4.74 Å². The number of nitrogens with zero attached hydrogens (tertiary/aromatic N) is 1. The first-order valence-corrected chi connectivity index (χ1v) is 7.52. The topological polar surface area (TPSA) is 132 Å². The Kier molecular flexibility index (Phi) is 4.63. The molecule has 0 saturated carbocycles. The van der Waals surface area contributed by atoms with Crippen molar-refractivity contribution in [2.75, 3.05) is 6.61 Å². The summed E-state index contributed by atoms with van der Waals surface area (Å²) in [6, 6.07) is 6.21. The molecule has 9 heteroatoms. The van der Waals surface area contributed by atoms with Crippen molar-refractivity contribution in [2.24, 2.45) is 0 Å². The number of hydrogen-bond acceptors (Lipinski definition) is 8. The largest absolute Gasteiger partial charge is 0.436 e. The van der Waals surface area contributed by atoms with Gasteiger partial charge in [0.15, 0.2) is 6.10 Å². The molecule has 3 rings (SSSR count). The van der Waals surface area contributed by atoms with Gasteiger partial charge in [0.1, 0.15) is 24.1 Å². The van der Waals surface area contributed by atoms with Crippen molar-refractivity contribution in [2.45, 2.75) is 30.4 Å². The van der Waals surface area contributed by atoms with Crippen LogP contribution < -0.4 is 4.74 Å². The number of fused-ring (bicyclic) bond motifs is 1. The highest BCUT2D eigenvalue weighted by atomic mass is 35.5. The van der Waals surface area contributed by atoms with Crippen LogP contribution in [0.3, 0.4) is 0 Å². The van der Waals surface area contributed by atoms with Crippen molar-refractivity contribution in [3.8, 4) is 5.75 Å². The van der Waals surface area contributed by atoms with Crippen molar-refractivity contribution in [3.63, 3.8) is 0 Å². The molecule has 0 bridgehead atoms. The number of aliphatic hydroxyl groups is 5. The zero-order valence-electron chi connectivity index (χ0n) is 12.3. The molecule has 24 heavy (non-hydrogen) atoms. The number of ether oxygens (including phenoxy) is 2. The van der Waals surface area contributed by atoms with Gasteiger partial charge in [0.25, 0.3) is 0 Å². The van der Waals surface area contributed by atoms with Crippen LogP contribution in [0.2, 0.25) is 5.02 Å². The molecular weight excluding hydrogens is 342 g/mol. The average molecular weight is 358 g/mol. The van der Waals surface area contributed by atoms with Crippen LogP contribution in [0, 0.1) is 0 Å². The molecule has 2 heterocycles. The number of aliphatic hydroxyl groups excluding tert-OH is 4. The fourth-order valence-electron chi connectivity index (χ4n) is 2.55. The van der Waals surface area contributed by atoms with Gasteiger partial charge in [0.2, 0.25) is 0 Å². The lowest BCUT2D eigenvalue weighted by molar-refractivity contribution is -0.422. The summed E-state index contributed by atoms with van der Waals surface area (Å²) >= 11 is 5.90. The van der Waals surface area contributed by atoms with Crippen LogP contribution in [-0.4, -0.2) is 67.5 Å². The van der Waals surface area contributed by atoms with Crippen molar-refractivity contribution in [1.29, 1.82) is 0 Å². The Morgan fingerprint density at radius 1 is 1.21 bits per heavy atom. The van der Waals surface area contributed by atoms with Gasteiger partial charge in [-0.2, -0.15) is 0 Å². The first-order valence-electron chi connectivity index (χ1n) is 7.14. The highest BCUT2D eigenvalue weighted by Gasteiger charge is 2.55. The molecule has 130 valence electrons. The number of rotatable bonds is 3. The first-order chi connectivity index (χ1) is 11.4. The van der Waals surface area contributed by atoms with Gasteiger partial charge in [-0.3, -0.25) is 4.98 Å². The summed E-state index contributed by atoms with van der Waals surface area (Å²) in [5, 5.41) is 50.2. The maximum Gasteiger partial charge on any atom is 0.355 e. The molecule has 2 aromatic rings. The molecule has 5 atom stereocenters. The van der Waals surface area contributed by atoms with Crippen LogP contribution in [0.4, 0.5) is 0 Å². The quantitative estimate of drug-likeness (QED) is 0.459. The lowest BCUT2D eigenvalue weighted by atomic mass is 9.98. The Balaban J connectivity index is 1.97. The normalized spacial score (nSPS) is 33.6. The SMILES string of the molecule is OC[C@H]1O[C@](O)(Oc2ccnc3cc(Cl)ccc23)[C@H](O)[C@@H](O)[C@@H]1O. The Labute approximate surface area is 141 Å². The van der Waals surface area contributed by atoms with E-state index in [1.54, 1.807) is 18.2 Å². The lowest BCUT2D eigenvalue weighted by Crippen LogP contribution is -2.67. The summed E-state index contributed by atoms with van der Waals surface area (Å²) in [6.07, 6.45) is -5.26. The summed E-state index contributed by atoms with van der Waals surface area (Å²) in [6.45, 7) is -0.691. The van der Waals surface area contributed by atoms with Crippen molar-refractivity contribution < 1.29 is 35.0 Å². The molecular formula is C15H16ClNO7. The highest BCUT2D eigenvalue weighted by molar-refractivity contribution is 6.31. The van der Waals surface area contributed by atoms with E-state index in [2.05, 4.69) is 4.98 Å². The lowest BCUT2D eigenvalue weighted by Gasteiger charge is -2.44. The number of hydrogen-bond donors (Lipinski definition) is 5. The summed E-state index contributed by atoms with van der Waals surface area (Å²) < 4.78 is 10.4. The van der Waals surface area contributed by atoms with Crippen LogP contribution in [0.25, 0.3) is 10.9 Å². The summed E-state index contributed by atoms with van der Waals surface area (Å²) in [7, 11) is 0. The van der Waals surface area contributed by atoms with Gasteiger partial charge in [0, 0.05) is 16.6 Å². The fraction of sp³-hybridized carbons (Fsp3) is 0.400. The Bertz CT molecular complexity index is 743. The zero-order chi connectivity index (χ0) is 17.5. The number of halogens is 1. The second-order valence-electron chi connectivity index (χ2n) is 5.47. The average Bonchev–Trinajstić information content (AvgIpc) is 2.56. The van der Waals surface area contributed by atoms with Crippen molar-refractivity contribution in [3.05, 3.63) is 35.5 Å². The Hall–Kier alpha value is -1.52. The van der Waals surface area contributed by atoms with E-state index < -0.39 is 37.0 Å². The van der Waals surface area contributed by atoms with Gasteiger partial charge in [-0.05, 0) is 24.3 Å². The summed E-state index contributed by atoms with van der Waals surface area (Å²) in [5.74, 6) is -2.56. The van der Waals surface area contributed by atoms with Crippen LogP contribution >= 0.6 is 11.6 Å². The van der Waals surface area contributed by atoms with Crippen LogP contribution in [0.5, 0.6) is 5.75 Å². The number of aromatic nitrogens is 1. The van der Waals surface area contributed by atoms with Gasteiger partial charge in [-0.15, -0.1) is 0 Å². The van der Waals surface area contributed by atoms with Crippen LogP contribution in [0.15, 0.2) is 30.5 Å². The van der Waals surface area contributed by atoms with Gasteiger partial charge in [-0.25, -0.2) is 0 Å². The van der Waals surface area contributed by atoms with Gasteiger partial charge >= 0.3 is 5.97 Å². The van der Waals surface area contributed by atoms with Crippen molar-refractivity contribution >= 4 is 22.5 Å². The number of benzene rings is 1. The zero-order valence-corrected chi connectivity index (χ0v) is 13.0. The Morgan fingerprint density at radius 2 is 1.96 bits per heavy atom.